The molecule has 0 atom stereocenters. The van der Waals surface area contributed by atoms with E-state index in [4.69, 9.17) is 9.40 Å². The summed E-state index contributed by atoms with van der Waals surface area (Å²) in [6.45, 7) is 2.84. The lowest BCUT2D eigenvalue weighted by Gasteiger charge is -2.01. The zero-order chi connectivity index (χ0) is 13.4. The summed E-state index contributed by atoms with van der Waals surface area (Å²) < 4.78 is 7.72. The molecule has 98 valence electrons. The second-order valence-electron chi connectivity index (χ2n) is 4.70. The van der Waals surface area contributed by atoms with Gasteiger partial charge < -0.3 is 14.3 Å². The van der Waals surface area contributed by atoms with E-state index in [0.717, 1.165) is 40.3 Å². The largest absolute Gasteiger partial charge is 0.464 e. The highest BCUT2D eigenvalue weighted by Gasteiger charge is 2.16. The maximum Gasteiger partial charge on any atom is 0.134 e. The average Bonchev–Trinajstić information content (AvgIpc) is 2.96. The smallest absolute Gasteiger partial charge is 0.134 e. The topological polar surface area (TPSA) is 43.0 Å². The molecule has 4 heteroatoms. The minimum Gasteiger partial charge on any atom is -0.464 e. The van der Waals surface area contributed by atoms with Gasteiger partial charge in [0.25, 0.3) is 0 Å². The molecule has 0 aliphatic rings. The van der Waals surface area contributed by atoms with Crippen molar-refractivity contribution in [2.24, 2.45) is 7.05 Å². The van der Waals surface area contributed by atoms with Gasteiger partial charge >= 0.3 is 0 Å². The summed E-state index contributed by atoms with van der Waals surface area (Å²) >= 11 is 0. The molecule has 4 nitrogen and oxygen atoms in total. The Labute approximate surface area is 112 Å². The van der Waals surface area contributed by atoms with Crippen LogP contribution in [0.3, 0.4) is 0 Å². The van der Waals surface area contributed by atoms with E-state index in [-0.39, 0.29) is 0 Å². The third-order valence-corrected chi connectivity index (χ3v) is 3.54. The normalized spacial score (nSPS) is 11.3. The number of hydrogen-bond acceptors (Lipinski definition) is 3. The number of nitrogens with zero attached hydrogens (tertiary/aromatic N) is 2. The Balaban J connectivity index is 2.19. The van der Waals surface area contributed by atoms with Gasteiger partial charge in [0.1, 0.15) is 17.7 Å². The molecule has 3 aromatic rings. The van der Waals surface area contributed by atoms with Crippen LogP contribution in [0.15, 0.2) is 34.9 Å². The Morgan fingerprint density at radius 3 is 2.89 bits per heavy atom. The molecule has 0 spiro atoms. The number of nitrogens with one attached hydrogen (secondary N) is 1. The van der Waals surface area contributed by atoms with E-state index in [1.807, 2.05) is 32.3 Å². The molecule has 3 rings (SSSR count). The fourth-order valence-electron chi connectivity index (χ4n) is 2.37. The van der Waals surface area contributed by atoms with Crippen molar-refractivity contribution < 1.29 is 4.42 Å². The fraction of sp³-hybridized carbons (Fsp3) is 0.267. The van der Waals surface area contributed by atoms with Gasteiger partial charge in [0, 0.05) is 23.7 Å². The first-order valence-electron chi connectivity index (χ1n) is 6.35. The molecule has 2 heterocycles. The summed E-state index contributed by atoms with van der Waals surface area (Å²) in [6.07, 6.45) is 1.79. The molecule has 0 amide bonds. The predicted molar refractivity (Wildman–Crippen MR) is 75.9 cm³/mol. The Morgan fingerprint density at radius 1 is 1.32 bits per heavy atom. The van der Waals surface area contributed by atoms with Gasteiger partial charge in [0.05, 0.1) is 12.2 Å². The van der Waals surface area contributed by atoms with Gasteiger partial charge in [-0.2, -0.15) is 0 Å². The van der Waals surface area contributed by atoms with Crippen molar-refractivity contribution >= 4 is 11.0 Å². The maximum atomic E-state index is 5.60. The zero-order valence-electron chi connectivity index (χ0n) is 11.4. The summed E-state index contributed by atoms with van der Waals surface area (Å²) in [7, 11) is 3.97. The summed E-state index contributed by atoms with van der Waals surface area (Å²) in [4.78, 5) is 4.73. The van der Waals surface area contributed by atoms with E-state index in [1.54, 1.807) is 6.26 Å². The van der Waals surface area contributed by atoms with Crippen molar-refractivity contribution in [2.75, 3.05) is 7.05 Å². The minimum atomic E-state index is 0.757. The van der Waals surface area contributed by atoms with Crippen LogP contribution in [0.4, 0.5) is 0 Å². The first-order chi connectivity index (χ1) is 9.22. The van der Waals surface area contributed by atoms with Gasteiger partial charge in [0.2, 0.25) is 0 Å². The number of fused-ring (bicyclic) bond motifs is 1. The van der Waals surface area contributed by atoms with Gasteiger partial charge in [-0.05, 0) is 20.0 Å². The molecule has 1 N–H and O–H groups in total. The molecule has 0 bridgehead atoms. The van der Waals surface area contributed by atoms with Crippen molar-refractivity contribution in [1.82, 2.24) is 14.9 Å². The Morgan fingerprint density at radius 2 is 2.11 bits per heavy atom. The number of benzene rings is 1. The summed E-state index contributed by atoms with van der Waals surface area (Å²) in [5.74, 6) is 1.03. The quantitative estimate of drug-likeness (QED) is 0.782. The third kappa shape index (κ3) is 1.85. The number of imidazole rings is 1. The molecule has 2 aromatic heterocycles. The molecule has 0 unspecified atom stereocenters. The Hall–Kier alpha value is -2.07. The lowest BCUT2D eigenvalue weighted by molar-refractivity contribution is 0.616. The maximum absolute atomic E-state index is 5.60. The molecule has 1 aromatic carbocycles. The Kier molecular flexibility index (Phi) is 2.87. The van der Waals surface area contributed by atoms with E-state index in [0.29, 0.717) is 0 Å². The van der Waals surface area contributed by atoms with Crippen molar-refractivity contribution in [3.8, 4) is 11.3 Å². The molecule has 19 heavy (non-hydrogen) atoms. The van der Waals surface area contributed by atoms with Crippen molar-refractivity contribution in [3.63, 3.8) is 0 Å². The van der Waals surface area contributed by atoms with Gasteiger partial charge in [-0.25, -0.2) is 4.98 Å². The van der Waals surface area contributed by atoms with Gasteiger partial charge in [-0.15, -0.1) is 0 Å². The Bertz CT molecular complexity index is 724. The van der Waals surface area contributed by atoms with Crippen LogP contribution < -0.4 is 5.32 Å². The third-order valence-electron chi connectivity index (χ3n) is 3.54. The van der Waals surface area contributed by atoms with E-state index in [2.05, 4.69) is 22.9 Å². The molecular weight excluding hydrogens is 238 g/mol. The standard InChI is InChI=1S/C15H17N3O/c1-10-15(17-14(8-16-2)18(10)3)12-9-19-13-7-5-4-6-11(12)13/h4-7,9,16H,8H2,1-3H3. The predicted octanol–water partition coefficient (Wildman–Crippen LogP) is 2.86. The molecule has 0 saturated heterocycles. The number of hydrogen-bond donors (Lipinski definition) is 1. The van der Waals surface area contributed by atoms with Gasteiger partial charge in [-0.1, -0.05) is 18.2 Å². The molecule has 0 aliphatic carbocycles. The first-order valence-corrected chi connectivity index (χ1v) is 6.35. The summed E-state index contributed by atoms with van der Waals surface area (Å²) in [6, 6.07) is 8.05. The second-order valence-corrected chi connectivity index (χ2v) is 4.70. The zero-order valence-corrected chi connectivity index (χ0v) is 11.4. The van der Waals surface area contributed by atoms with E-state index < -0.39 is 0 Å². The van der Waals surface area contributed by atoms with Crippen LogP contribution in [0.25, 0.3) is 22.2 Å². The van der Waals surface area contributed by atoms with Crippen LogP contribution in [-0.4, -0.2) is 16.6 Å². The van der Waals surface area contributed by atoms with Crippen LogP contribution in [0.5, 0.6) is 0 Å². The number of rotatable bonds is 3. The van der Waals surface area contributed by atoms with E-state index in [9.17, 15) is 0 Å². The van der Waals surface area contributed by atoms with Gasteiger partial charge in [0.15, 0.2) is 0 Å². The molecule has 0 fully saturated rings. The minimum absolute atomic E-state index is 0.757. The molecule has 0 aliphatic heterocycles. The lowest BCUT2D eigenvalue weighted by Crippen LogP contribution is -2.10. The highest BCUT2D eigenvalue weighted by Crippen LogP contribution is 2.31. The monoisotopic (exact) mass is 255 g/mol. The second kappa shape index (κ2) is 4.55. The molecule has 0 saturated carbocycles. The average molecular weight is 255 g/mol. The molecular formula is C15H17N3O. The lowest BCUT2D eigenvalue weighted by atomic mass is 10.1. The first kappa shape index (κ1) is 12.0. The van der Waals surface area contributed by atoms with Crippen LogP contribution in [0.2, 0.25) is 0 Å². The summed E-state index contributed by atoms with van der Waals surface area (Å²) in [5, 5.41) is 4.25. The number of para-hydroxylation sites is 1. The SMILES string of the molecule is CNCc1nc(-c2coc3ccccc23)c(C)n1C. The van der Waals surface area contributed by atoms with Crippen LogP contribution in [0.1, 0.15) is 11.5 Å². The van der Waals surface area contributed by atoms with Crippen LogP contribution >= 0.6 is 0 Å². The van der Waals surface area contributed by atoms with Crippen molar-refractivity contribution in [2.45, 2.75) is 13.5 Å². The number of aromatic nitrogens is 2. The van der Waals surface area contributed by atoms with Crippen LogP contribution in [0, 0.1) is 6.92 Å². The molecule has 0 radical (unpaired) electrons. The highest BCUT2D eigenvalue weighted by molar-refractivity contribution is 5.93. The van der Waals surface area contributed by atoms with E-state index in [1.165, 1.54) is 0 Å². The number of furan rings is 1. The summed E-state index contributed by atoms with van der Waals surface area (Å²) in [5.41, 5.74) is 4.11. The van der Waals surface area contributed by atoms with Crippen molar-refractivity contribution in [1.29, 1.82) is 0 Å². The van der Waals surface area contributed by atoms with Crippen molar-refractivity contribution in [3.05, 3.63) is 42.0 Å². The van der Waals surface area contributed by atoms with E-state index >= 15 is 0 Å². The highest BCUT2D eigenvalue weighted by atomic mass is 16.3. The van der Waals surface area contributed by atoms with Gasteiger partial charge in [-0.3, -0.25) is 0 Å². The fourth-order valence-corrected chi connectivity index (χ4v) is 2.37. The van der Waals surface area contributed by atoms with Crippen LogP contribution in [-0.2, 0) is 13.6 Å².